The SMILES string of the molecule is CNC(CCN(C)c1ccc(OC)cc1)C(=O)O. The Kier molecular flexibility index (Phi) is 5.45. The van der Waals surface area contributed by atoms with Crippen LogP contribution in [0.25, 0.3) is 0 Å². The Morgan fingerprint density at radius 3 is 2.50 bits per heavy atom. The Labute approximate surface area is 107 Å². The number of likely N-dealkylation sites (N-methyl/N-ethyl adjacent to an activating group) is 1. The predicted octanol–water partition coefficient (Wildman–Crippen LogP) is 1.19. The highest BCUT2D eigenvalue weighted by Gasteiger charge is 2.15. The lowest BCUT2D eigenvalue weighted by molar-refractivity contribution is -0.139. The summed E-state index contributed by atoms with van der Waals surface area (Å²) in [5.41, 5.74) is 1.04. The van der Waals surface area contributed by atoms with Crippen LogP contribution in [0.15, 0.2) is 24.3 Å². The van der Waals surface area contributed by atoms with Crippen LogP contribution in [0.3, 0.4) is 0 Å². The fourth-order valence-corrected chi connectivity index (χ4v) is 1.68. The van der Waals surface area contributed by atoms with E-state index in [-0.39, 0.29) is 0 Å². The number of nitrogens with zero attached hydrogens (tertiary/aromatic N) is 1. The number of carboxylic acid groups (broad SMARTS) is 1. The van der Waals surface area contributed by atoms with Gasteiger partial charge in [0.15, 0.2) is 0 Å². The molecule has 1 unspecified atom stereocenters. The average Bonchev–Trinajstić information content (AvgIpc) is 2.39. The number of carbonyl (C=O) groups is 1. The van der Waals surface area contributed by atoms with Crippen molar-refractivity contribution in [1.29, 1.82) is 0 Å². The first-order valence-electron chi connectivity index (χ1n) is 5.83. The minimum absolute atomic E-state index is 0.509. The van der Waals surface area contributed by atoms with Crippen LogP contribution in [0.2, 0.25) is 0 Å². The number of hydrogen-bond acceptors (Lipinski definition) is 4. The van der Waals surface area contributed by atoms with Crippen LogP contribution in [0, 0.1) is 0 Å². The molecular weight excluding hydrogens is 232 g/mol. The van der Waals surface area contributed by atoms with Gasteiger partial charge in [0.05, 0.1) is 7.11 Å². The highest BCUT2D eigenvalue weighted by molar-refractivity contribution is 5.73. The first kappa shape index (κ1) is 14.3. The van der Waals surface area contributed by atoms with Crippen molar-refractivity contribution in [3.8, 4) is 5.75 Å². The topological polar surface area (TPSA) is 61.8 Å². The first-order chi connectivity index (χ1) is 8.58. The van der Waals surface area contributed by atoms with E-state index in [0.717, 1.165) is 11.4 Å². The van der Waals surface area contributed by atoms with E-state index in [1.165, 1.54) is 0 Å². The molecule has 0 aliphatic heterocycles. The fourth-order valence-electron chi connectivity index (χ4n) is 1.68. The maximum absolute atomic E-state index is 10.9. The van der Waals surface area contributed by atoms with Crippen LogP contribution in [0.5, 0.6) is 5.75 Å². The van der Waals surface area contributed by atoms with Crippen LogP contribution in [-0.4, -0.2) is 44.9 Å². The molecule has 5 heteroatoms. The number of benzene rings is 1. The molecular formula is C13H20N2O3. The normalized spacial score (nSPS) is 11.9. The number of rotatable bonds is 7. The van der Waals surface area contributed by atoms with E-state index in [9.17, 15) is 4.79 Å². The Bertz CT molecular complexity index is 378. The van der Waals surface area contributed by atoms with Crippen LogP contribution < -0.4 is 15.0 Å². The summed E-state index contributed by atoms with van der Waals surface area (Å²) in [5, 5.41) is 11.7. The molecule has 0 bridgehead atoms. The van der Waals surface area contributed by atoms with Crippen molar-refractivity contribution in [3.05, 3.63) is 24.3 Å². The molecule has 0 heterocycles. The highest BCUT2D eigenvalue weighted by atomic mass is 16.5. The lowest BCUT2D eigenvalue weighted by Crippen LogP contribution is -2.37. The molecule has 0 radical (unpaired) electrons. The summed E-state index contributed by atoms with van der Waals surface area (Å²) < 4.78 is 5.09. The molecule has 0 aliphatic carbocycles. The number of carboxylic acids is 1. The summed E-state index contributed by atoms with van der Waals surface area (Å²) >= 11 is 0. The van der Waals surface area contributed by atoms with E-state index in [2.05, 4.69) is 5.32 Å². The lowest BCUT2D eigenvalue weighted by atomic mass is 10.2. The van der Waals surface area contributed by atoms with Crippen molar-refractivity contribution >= 4 is 11.7 Å². The molecule has 0 fully saturated rings. The van der Waals surface area contributed by atoms with E-state index in [4.69, 9.17) is 9.84 Å². The van der Waals surface area contributed by atoms with Crippen LogP contribution in [0.4, 0.5) is 5.69 Å². The standard InChI is InChI=1S/C13H20N2O3/c1-14-12(13(16)17)8-9-15(2)10-4-6-11(18-3)7-5-10/h4-7,12,14H,8-9H2,1-3H3,(H,16,17). The van der Waals surface area contributed by atoms with Gasteiger partial charge in [-0.2, -0.15) is 0 Å². The molecule has 5 nitrogen and oxygen atoms in total. The van der Waals surface area contributed by atoms with Gasteiger partial charge in [0.25, 0.3) is 0 Å². The monoisotopic (exact) mass is 252 g/mol. The second kappa shape index (κ2) is 6.86. The van der Waals surface area contributed by atoms with E-state index in [1.807, 2.05) is 36.2 Å². The predicted molar refractivity (Wildman–Crippen MR) is 71.4 cm³/mol. The van der Waals surface area contributed by atoms with Crippen LogP contribution >= 0.6 is 0 Å². The van der Waals surface area contributed by atoms with Crippen molar-refractivity contribution in [2.75, 3.05) is 32.6 Å². The molecule has 0 amide bonds. The van der Waals surface area contributed by atoms with Gasteiger partial charge in [-0.3, -0.25) is 4.79 Å². The summed E-state index contributed by atoms with van der Waals surface area (Å²) in [7, 11) is 5.23. The minimum atomic E-state index is -0.819. The molecule has 1 rings (SSSR count). The molecule has 0 saturated carbocycles. The number of methoxy groups -OCH3 is 1. The highest BCUT2D eigenvalue weighted by Crippen LogP contribution is 2.18. The van der Waals surface area contributed by atoms with Crippen molar-refractivity contribution in [2.24, 2.45) is 0 Å². The smallest absolute Gasteiger partial charge is 0.320 e. The Balaban J connectivity index is 2.53. The van der Waals surface area contributed by atoms with Crippen LogP contribution in [-0.2, 0) is 4.79 Å². The zero-order valence-electron chi connectivity index (χ0n) is 11.0. The molecule has 2 N–H and O–H groups in total. The average molecular weight is 252 g/mol. The number of ether oxygens (including phenoxy) is 1. The van der Waals surface area contributed by atoms with Gasteiger partial charge in [-0.25, -0.2) is 0 Å². The van der Waals surface area contributed by atoms with Gasteiger partial charge >= 0.3 is 5.97 Å². The van der Waals surface area contributed by atoms with Gasteiger partial charge in [0.2, 0.25) is 0 Å². The molecule has 100 valence electrons. The Morgan fingerprint density at radius 1 is 1.44 bits per heavy atom. The second-order valence-electron chi connectivity index (χ2n) is 4.09. The molecule has 1 aromatic rings. The quantitative estimate of drug-likeness (QED) is 0.763. The molecule has 0 aliphatic rings. The van der Waals surface area contributed by atoms with E-state index in [1.54, 1.807) is 14.2 Å². The van der Waals surface area contributed by atoms with Crippen molar-refractivity contribution in [2.45, 2.75) is 12.5 Å². The molecule has 1 aromatic carbocycles. The minimum Gasteiger partial charge on any atom is -0.497 e. The van der Waals surface area contributed by atoms with Crippen molar-refractivity contribution in [3.63, 3.8) is 0 Å². The maximum Gasteiger partial charge on any atom is 0.320 e. The third kappa shape index (κ3) is 3.92. The second-order valence-corrected chi connectivity index (χ2v) is 4.09. The van der Waals surface area contributed by atoms with E-state index < -0.39 is 12.0 Å². The summed E-state index contributed by atoms with van der Waals surface area (Å²) in [6, 6.07) is 7.17. The zero-order chi connectivity index (χ0) is 13.5. The number of hydrogen-bond donors (Lipinski definition) is 2. The van der Waals surface area contributed by atoms with E-state index in [0.29, 0.717) is 13.0 Å². The summed E-state index contributed by atoms with van der Waals surface area (Å²) in [5.74, 6) is -0.00795. The Hall–Kier alpha value is -1.75. The summed E-state index contributed by atoms with van der Waals surface area (Å²) in [6.07, 6.45) is 0.550. The number of anilines is 1. The fraction of sp³-hybridized carbons (Fsp3) is 0.462. The van der Waals surface area contributed by atoms with Crippen LogP contribution in [0.1, 0.15) is 6.42 Å². The molecule has 0 spiro atoms. The van der Waals surface area contributed by atoms with Crippen molar-refractivity contribution in [1.82, 2.24) is 5.32 Å². The third-order valence-electron chi connectivity index (χ3n) is 2.91. The third-order valence-corrected chi connectivity index (χ3v) is 2.91. The van der Waals surface area contributed by atoms with Gasteiger partial charge in [0.1, 0.15) is 11.8 Å². The van der Waals surface area contributed by atoms with Gasteiger partial charge < -0.3 is 20.1 Å². The zero-order valence-corrected chi connectivity index (χ0v) is 11.0. The largest absolute Gasteiger partial charge is 0.497 e. The first-order valence-corrected chi connectivity index (χ1v) is 5.83. The summed E-state index contributed by atoms with van der Waals surface area (Å²) in [4.78, 5) is 12.9. The molecule has 0 aromatic heterocycles. The number of aliphatic carboxylic acids is 1. The maximum atomic E-state index is 10.9. The molecule has 18 heavy (non-hydrogen) atoms. The van der Waals surface area contributed by atoms with Gasteiger partial charge in [0, 0.05) is 19.3 Å². The molecule has 1 atom stereocenters. The molecule has 0 saturated heterocycles. The van der Waals surface area contributed by atoms with Gasteiger partial charge in [-0.05, 0) is 37.7 Å². The van der Waals surface area contributed by atoms with Gasteiger partial charge in [-0.15, -0.1) is 0 Å². The number of nitrogens with one attached hydrogen (secondary N) is 1. The van der Waals surface area contributed by atoms with Gasteiger partial charge in [-0.1, -0.05) is 0 Å². The summed E-state index contributed by atoms with van der Waals surface area (Å²) in [6.45, 7) is 0.671. The van der Waals surface area contributed by atoms with Crippen molar-refractivity contribution < 1.29 is 14.6 Å². The lowest BCUT2D eigenvalue weighted by Gasteiger charge is -2.21. The van der Waals surface area contributed by atoms with E-state index >= 15 is 0 Å². The Morgan fingerprint density at radius 2 is 2.06 bits per heavy atom.